The van der Waals surface area contributed by atoms with Gasteiger partial charge in [0.15, 0.2) is 23.9 Å². The Morgan fingerprint density at radius 3 is 2.57 bits per heavy atom. The lowest BCUT2D eigenvalue weighted by Gasteiger charge is -2.17. The first-order valence-electron chi connectivity index (χ1n) is 8.29. The summed E-state index contributed by atoms with van der Waals surface area (Å²) < 4.78 is 6.21. The van der Waals surface area contributed by atoms with E-state index in [0.29, 0.717) is 16.8 Å². The number of nitrogens with zero attached hydrogens (tertiary/aromatic N) is 2. The van der Waals surface area contributed by atoms with E-state index in [1.807, 2.05) is 0 Å². The fraction of sp³-hybridized carbons (Fsp3) is 0.278. The maximum absolute atomic E-state index is 11.6. The van der Waals surface area contributed by atoms with Crippen molar-refractivity contribution in [3.05, 3.63) is 29.3 Å². The highest BCUT2D eigenvalue weighted by Gasteiger charge is 2.40. The molecule has 10 heteroatoms. The minimum Gasteiger partial charge on any atom is -0.504 e. The number of ether oxygens (including phenoxy) is 1. The summed E-state index contributed by atoms with van der Waals surface area (Å²) >= 11 is 0. The third-order valence-electron chi connectivity index (χ3n) is 4.53. The van der Waals surface area contributed by atoms with Gasteiger partial charge in [0, 0.05) is 18.4 Å². The van der Waals surface area contributed by atoms with Crippen molar-refractivity contribution in [2.24, 2.45) is 4.99 Å². The Bertz CT molecular complexity index is 947. The first-order valence-corrected chi connectivity index (χ1v) is 8.29. The van der Waals surface area contributed by atoms with Crippen molar-refractivity contribution in [3.8, 4) is 11.5 Å². The van der Waals surface area contributed by atoms with Crippen LogP contribution in [0.5, 0.6) is 11.5 Å². The van der Waals surface area contributed by atoms with Crippen LogP contribution in [0.4, 0.5) is 5.69 Å². The third kappa shape index (κ3) is 3.70. The number of carbonyl (C=O) groups excluding carboxylic acids is 1. The van der Waals surface area contributed by atoms with Gasteiger partial charge in [0.1, 0.15) is 5.71 Å². The molecule has 0 amide bonds. The van der Waals surface area contributed by atoms with Gasteiger partial charge in [0.25, 0.3) is 12.5 Å². The summed E-state index contributed by atoms with van der Waals surface area (Å²) in [5.41, 5.74) is 1.32. The number of aliphatic imine (C=N–C) groups is 1. The van der Waals surface area contributed by atoms with Crippen molar-refractivity contribution in [2.75, 3.05) is 0 Å². The van der Waals surface area contributed by atoms with E-state index in [0.717, 1.165) is 0 Å². The molecule has 10 nitrogen and oxygen atoms in total. The maximum atomic E-state index is 11.6. The summed E-state index contributed by atoms with van der Waals surface area (Å²) in [5, 5.41) is 38.1. The molecule has 1 aromatic carbocycles. The van der Waals surface area contributed by atoms with Crippen LogP contribution in [0.3, 0.4) is 0 Å². The molecular formula is C18H17N2O8+. The first kappa shape index (κ1) is 19.1. The molecule has 0 aliphatic carbocycles. The van der Waals surface area contributed by atoms with Crippen LogP contribution in [0.15, 0.2) is 28.8 Å². The Kier molecular flexibility index (Phi) is 5.12. The number of carboxylic acid groups (broad SMARTS) is 2. The number of benzene rings is 1. The van der Waals surface area contributed by atoms with Crippen LogP contribution in [-0.4, -0.2) is 67.6 Å². The average Bonchev–Trinajstić information content (AvgIpc) is 2.98. The number of rotatable bonds is 6. The number of hydrogen-bond acceptors (Lipinski definition) is 7. The number of fused-ring (bicyclic) bond motifs is 1. The van der Waals surface area contributed by atoms with Gasteiger partial charge in [-0.2, -0.15) is 4.58 Å². The molecule has 0 aromatic heterocycles. The topological polar surface area (TPSA) is 157 Å². The van der Waals surface area contributed by atoms with Crippen LogP contribution in [-0.2, 0) is 25.5 Å². The number of carbonyl (C=O) groups is 3. The van der Waals surface area contributed by atoms with Crippen LogP contribution < -0.4 is 0 Å². The van der Waals surface area contributed by atoms with E-state index in [4.69, 9.17) is 9.84 Å². The SMILES string of the molecule is O=CO[C@@H]1CC(CC=[N+]2c3cc(O)c(O)cc3C[C@H]2C(=O)O)=CC(C(=O)O)=N1. The second-order valence-electron chi connectivity index (χ2n) is 6.33. The molecule has 28 heavy (non-hydrogen) atoms. The molecule has 0 fully saturated rings. The van der Waals surface area contributed by atoms with Gasteiger partial charge in [-0.25, -0.2) is 14.6 Å². The number of phenols is 2. The van der Waals surface area contributed by atoms with Crippen molar-refractivity contribution in [1.82, 2.24) is 0 Å². The number of hydrogen-bond donors (Lipinski definition) is 4. The van der Waals surface area contributed by atoms with E-state index >= 15 is 0 Å². The molecule has 0 saturated heterocycles. The number of aromatic hydroxyl groups is 2. The molecule has 0 spiro atoms. The zero-order valence-corrected chi connectivity index (χ0v) is 14.5. The van der Waals surface area contributed by atoms with Crippen molar-refractivity contribution in [2.45, 2.75) is 31.5 Å². The Morgan fingerprint density at radius 1 is 1.21 bits per heavy atom. The van der Waals surface area contributed by atoms with Gasteiger partial charge >= 0.3 is 11.9 Å². The lowest BCUT2D eigenvalue weighted by atomic mass is 10.0. The minimum absolute atomic E-state index is 0.132. The Hall–Kier alpha value is -3.69. The predicted octanol–water partition coefficient (Wildman–Crippen LogP) is 0.567. The van der Waals surface area contributed by atoms with Gasteiger partial charge in [0.05, 0.1) is 12.5 Å². The number of phenolic OH excluding ortho intramolecular Hbond substituents is 2. The molecule has 2 aliphatic heterocycles. The zero-order chi connectivity index (χ0) is 20.4. The number of aliphatic carboxylic acids is 2. The van der Waals surface area contributed by atoms with Gasteiger partial charge in [-0.1, -0.05) is 5.57 Å². The normalized spacial score (nSPS) is 22.2. The fourth-order valence-corrected chi connectivity index (χ4v) is 3.25. The third-order valence-corrected chi connectivity index (χ3v) is 4.53. The van der Waals surface area contributed by atoms with Gasteiger partial charge in [-0.15, -0.1) is 0 Å². The number of carboxylic acids is 2. The zero-order valence-electron chi connectivity index (χ0n) is 14.5. The summed E-state index contributed by atoms with van der Waals surface area (Å²) in [6.45, 7) is 0.187. The van der Waals surface area contributed by atoms with Gasteiger partial charge < -0.3 is 25.2 Å². The molecule has 2 atom stereocenters. The summed E-state index contributed by atoms with van der Waals surface area (Å²) in [7, 11) is 0. The monoisotopic (exact) mass is 389 g/mol. The predicted molar refractivity (Wildman–Crippen MR) is 94.2 cm³/mol. The summed E-state index contributed by atoms with van der Waals surface area (Å²) in [6.07, 6.45) is 2.44. The lowest BCUT2D eigenvalue weighted by Crippen LogP contribution is -2.29. The van der Waals surface area contributed by atoms with E-state index in [9.17, 15) is 29.7 Å². The Labute approximate surface area is 158 Å². The molecule has 2 aliphatic rings. The van der Waals surface area contributed by atoms with Gasteiger partial charge in [-0.3, -0.25) is 4.79 Å². The smallest absolute Gasteiger partial charge is 0.373 e. The van der Waals surface area contributed by atoms with Crippen molar-refractivity contribution < 1.29 is 44.1 Å². The molecule has 1 aromatic rings. The first-order chi connectivity index (χ1) is 13.3. The highest BCUT2D eigenvalue weighted by atomic mass is 16.5. The van der Waals surface area contributed by atoms with Gasteiger partial charge in [-0.05, 0) is 12.1 Å². The summed E-state index contributed by atoms with van der Waals surface area (Å²) in [4.78, 5) is 37.2. The number of dihydropyridines is 1. The van der Waals surface area contributed by atoms with Crippen molar-refractivity contribution >= 4 is 36.0 Å². The van der Waals surface area contributed by atoms with Crippen LogP contribution in [0, 0.1) is 0 Å². The molecule has 3 rings (SSSR count). The lowest BCUT2D eigenvalue weighted by molar-refractivity contribution is -0.458. The van der Waals surface area contributed by atoms with Crippen molar-refractivity contribution in [1.29, 1.82) is 0 Å². The Morgan fingerprint density at radius 2 is 1.93 bits per heavy atom. The Balaban J connectivity index is 1.93. The standard InChI is InChI=1S/C18H16N2O8/c21-8-28-16-4-9(3-11(19-16)17(24)25)1-2-20-12-7-15(23)14(22)6-10(12)5-13(20)18(26)27/h2-3,6-8,13,16H,1,4-5H2,(H3-,22,23,24,25,26,27)/p+1/t13-,16+/m0/s1. The summed E-state index contributed by atoms with van der Waals surface area (Å²) in [6, 6.07) is 1.66. The molecule has 2 heterocycles. The van der Waals surface area contributed by atoms with E-state index in [2.05, 4.69) is 4.99 Å². The quantitative estimate of drug-likeness (QED) is 0.312. The fourth-order valence-electron chi connectivity index (χ4n) is 3.25. The van der Waals surface area contributed by atoms with Crippen LogP contribution in [0.2, 0.25) is 0 Å². The highest BCUT2D eigenvalue weighted by molar-refractivity contribution is 6.40. The molecule has 0 saturated carbocycles. The molecule has 0 radical (unpaired) electrons. The summed E-state index contributed by atoms with van der Waals surface area (Å²) in [5.74, 6) is -3.07. The van der Waals surface area contributed by atoms with E-state index in [-0.39, 0.29) is 42.9 Å². The molecule has 146 valence electrons. The minimum atomic E-state index is -1.27. The van der Waals surface area contributed by atoms with Gasteiger partial charge in [0.2, 0.25) is 5.69 Å². The van der Waals surface area contributed by atoms with E-state index in [1.54, 1.807) is 6.21 Å². The van der Waals surface area contributed by atoms with E-state index < -0.39 is 24.2 Å². The van der Waals surface area contributed by atoms with Crippen LogP contribution in [0.1, 0.15) is 18.4 Å². The average molecular weight is 389 g/mol. The molecule has 4 N–H and O–H groups in total. The molecular weight excluding hydrogens is 372 g/mol. The highest BCUT2D eigenvalue weighted by Crippen LogP contribution is 2.38. The van der Waals surface area contributed by atoms with Crippen molar-refractivity contribution in [3.63, 3.8) is 0 Å². The molecule has 0 bridgehead atoms. The van der Waals surface area contributed by atoms with Crippen LogP contribution in [0.25, 0.3) is 0 Å². The second kappa shape index (κ2) is 7.51. The maximum Gasteiger partial charge on any atom is 0.373 e. The van der Waals surface area contributed by atoms with Crippen LogP contribution >= 0.6 is 0 Å². The largest absolute Gasteiger partial charge is 0.504 e. The van der Waals surface area contributed by atoms with E-state index in [1.165, 1.54) is 22.8 Å². The molecule has 0 unspecified atom stereocenters. The second-order valence-corrected chi connectivity index (χ2v) is 6.33.